The van der Waals surface area contributed by atoms with Crippen LogP contribution in [-0.4, -0.2) is 46.8 Å². The fourth-order valence-corrected chi connectivity index (χ4v) is 4.79. The van der Waals surface area contributed by atoms with Crippen LogP contribution in [0.3, 0.4) is 0 Å². The molecule has 5 unspecified atom stereocenters. The lowest BCUT2D eigenvalue weighted by Gasteiger charge is -2.28. The second kappa shape index (κ2) is 6.51. The minimum atomic E-state index is -0.225. The van der Waals surface area contributed by atoms with E-state index in [0.29, 0.717) is 12.1 Å². The van der Waals surface area contributed by atoms with E-state index in [1.54, 1.807) is 0 Å². The Morgan fingerprint density at radius 2 is 1.87 bits per heavy atom. The summed E-state index contributed by atoms with van der Waals surface area (Å²) in [5, 5.41) is 3.63. The molecule has 0 spiro atoms. The zero-order chi connectivity index (χ0) is 15.8. The molecule has 0 radical (unpaired) electrons. The van der Waals surface area contributed by atoms with E-state index in [1.807, 2.05) is 23.1 Å². The van der Waals surface area contributed by atoms with Crippen LogP contribution < -0.4 is 16.2 Å². The molecule has 2 bridgehead atoms. The molecule has 4 rings (SSSR count). The summed E-state index contributed by atoms with van der Waals surface area (Å²) in [5.74, 6) is 0.201. The molecule has 3 fully saturated rings. The van der Waals surface area contributed by atoms with Crippen LogP contribution in [0.25, 0.3) is 0 Å². The molecule has 0 aromatic heterocycles. The number of carbonyl (C=O) groups is 1. The molecular weight excluding hydrogens is 356 g/mol. The van der Waals surface area contributed by atoms with Crippen molar-refractivity contribution in [1.29, 1.82) is 0 Å². The van der Waals surface area contributed by atoms with Gasteiger partial charge in [0.15, 0.2) is 0 Å². The van der Waals surface area contributed by atoms with Crippen LogP contribution in [-0.2, 0) is 4.79 Å². The fourth-order valence-electron chi connectivity index (χ4n) is 4.00. The molecule has 6 heteroatoms. The molecule has 3 aliphatic rings. The Bertz CT molecular complexity index is 569. The van der Waals surface area contributed by atoms with Crippen molar-refractivity contribution in [2.45, 2.75) is 48.3 Å². The second-order valence-corrected chi connectivity index (χ2v) is 7.87. The average Bonchev–Trinajstić information content (AvgIpc) is 3.10. The third kappa shape index (κ3) is 3.05. The van der Waals surface area contributed by atoms with Gasteiger partial charge in [-0.1, -0.05) is 46.3 Å². The Kier molecular flexibility index (Phi) is 4.41. The van der Waals surface area contributed by atoms with Gasteiger partial charge in [0.1, 0.15) is 6.04 Å². The van der Waals surface area contributed by atoms with Crippen molar-refractivity contribution in [1.82, 2.24) is 21.1 Å². The highest BCUT2D eigenvalue weighted by atomic mass is 79.9. The lowest BCUT2D eigenvalue weighted by atomic mass is 10.0. The number of hydrazine groups is 1. The van der Waals surface area contributed by atoms with E-state index < -0.39 is 0 Å². The molecule has 5 atom stereocenters. The predicted molar refractivity (Wildman–Crippen MR) is 93.1 cm³/mol. The van der Waals surface area contributed by atoms with E-state index in [1.165, 1.54) is 18.4 Å². The van der Waals surface area contributed by atoms with Gasteiger partial charge in [0.2, 0.25) is 5.91 Å². The van der Waals surface area contributed by atoms with Gasteiger partial charge in [-0.2, -0.15) is 0 Å². The Hall–Kier alpha value is -0.950. The molecular formula is C17H23BrN4O. The van der Waals surface area contributed by atoms with Crippen LogP contribution in [0, 0.1) is 0 Å². The third-order valence-corrected chi connectivity index (χ3v) is 6.35. The van der Waals surface area contributed by atoms with Crippen LogP contribution in [0.1, 0.15) is 30.9 Å². The predicted octanol–water partition coefficient (Wildman–Crippen LogP) is 1.32. The Labute approximate surface area is 145 Å². The topological polar surface area (TPSA) is 56.4 Å². The van der Waals surface area contributed by atoms with Gasteiger partial charge >= 0.3 is 0 Å². The summed E-state index contributed by atoms with van der Waals surface area (Å²) in [6.45, 7) is 1.70. The standard InChI is InChI=1S/C17H23BrN4O/c18-14-15(11-4-2-1-3-5-11)20-21-16(14)17(23)22-9-8-12-6-7-13(10-22)19-12/h1-5,12-16,19-21H,6-10H2. The fraction of sp³-hybridized carbons (Fsp3) is 0.588. The number of likely N-dealkylation sites (tertiary alicyclic amines) is 1. The van der Waals surface area contributed by atoms with Gasteiger partial charge in [-0.15, -0.1) is 0 Å². The zero-order valence-corrected chi connectivity index (χ0v) is 14.6. The van der Waals surface area contributed by atoms with E-state index >= 15 is 0 Å². The van der Waals surface area contributed by atoms with Crippen LogP contribution in [0.2, 0.25) is 0 Å². The molecule has 23 heavy (non-hydrogen) atoms. The number of rotatable bonds is 2. The van der Waals surface area contributed by atoms with Gasteiger partial charge in [-0.05, 0) is 24.8 Å². The average molecular weight is 379 g/mol. The summed E-state index contributed by atoms with van der Waals surface area (Å²) < 4.78 is 0. The Morgan fingerprint density at radius 3 is 2.70 bits per heavy atom. The smallest absolute Gasteiger partial charge is 0.242 e. The second-order valence-electron chi connectivity index (χ2n) is 6.81. The summed E-state index contributed by atoms with van der Waals surface area (Å²) in [6, 6.07) is 11.2. The minimum Gasteiger partial charge on any atom is -0.340 e. The molecule has 124 valence electrons. The third-order valence-electron chi connectivity index (χ3n) is 5.29. The number of nitrogens with zero attached hydrogens (tertiary/aromatic N) is 1. The van der Waals surface area contributed by atoms with Crippen molar-refractivity contribution in [2.24, 2.45) is 0 Å². The Morgan fingerprint density at radius 1 is 1.09 bits per heavy atom. The lowest BCUT2D eigenvalue weighted by molar-refractivity contribution is -0.133. The molecule has 3 aliphatic heterocycles. The van der Waals surface area contributed by atoms with Crippen molar-refractivity contribution in [2.75, 3.05) is 13.1 Å². The molecule has 1 aromatic carbocycles. The molecule has 1 amide bonds. The summed E-state index contributed by atoms with van der Waals surface area (Å²) >= 11 is 3.75. The first kappa shape index (κ1) is 15.6. The summed E-state index contributed by atoms with van der Waals surface area (Å²) in [6.07, 6.45) is 3.51. The number of halogens is 1. The molecule has 0 aliphatic carbocycles. The molecule has 0 saturated carbocycles. The number of amides is 1. The zero-order valence-electron chi connectivity index (χ0n) is 13.0. The van der Waals surface area contributed by atoms with Crippen molar-refractivity contribution in [3.8, 4) is 0 Å². The van der Waals surface area contributed by atoms with Gasteiger partial charge in [0.05, 0.1) is 10.9 Å². The number of alkyl halides is 1. The summed E-state index contributed by atoms with van der Waals surface area (Å²) in [4.78, 5) is 15.1. The first-order valence-electron chi connectivity index (χ1n) is 8.47. The maximum absolute atomic E-state index is 13.0. The van der Waals surface area contributed by atoms with Crippen molar-refractivity contribution in [3.05, 3.63) is 35.9 Å². The highest BCUT2D eigenvalue weighted by Crippen LogP contribution is 2.30. The van der Waals surface area contributed by atoms with Gasteiger partial charge in [-0.3, -0.25) is 4.79 Å². The van der Waals surface area contributed by atoms with Gasteiger partial charge in [0, 0.05) is 25.2 Å². The SMILES string of the molecule is O=C(C1NNC(c2ccccc2)C1Br)N1CCC2CCC(C1)N2. The van der Waals surface area contributed by atoms with E-state index in [0.717, 1.165) is 19.5 Å². The van der Waals surface area contributed by atoms with Crippen LogP contribution in [0.5, 0.6) is 0 Å². The van der Waals surface area contributed by atoms with Gasteiger partial charge in [-0.25, -0.2) is 10.9 Å². The minimum absolute atomic E-state index is 0.0470. The van der Waals surface area contributed by atoms with Crippen molar-refractivity contribution >= 4 is 21.8 Å². The highest BCUT2D eigenvalue weighted by molar-refractivity contribution is 9.09. The number of hydrogen-bond acceptors (Lipinski definition) is 4. The quantitative estimate of drug-likeness (QED) is 0.679. The number of benzene rings is 1. The van der Waals surface area contributed by atoms with E-state index in [2.05, 4.69) is 44.2 Å². The Balaban J connectivity index is 1.45. The van der Waals surface area contributed by atoms with Crippen LogP contribution in [0.4, 0.5) is 0 Å². The molecule has 1 aromatic rings. The molecule has 3 N–H and O–H groups in total. The first-order valence-corrected chi connectivity index (χ1v) is 9.39. The number of carbonyl (C=O) groups excluding carboxylic acids is 1. The molecule has 3 saturated heterocycles. The summed E-state index contributed by atoms with van der Waals surface area (Å²) in [7, 11) is 0. The van der Waals surface area contributed by atoms with E-state index in [4.69, 9.17) is 0 Å². The van der Waals surface area contributed by atoms with Crippen LogP contribution in [0.15, 0.2) is 30.3 Å². The summed E-state index contributed by atoms with van der Waals surface area (Å²) in [5.41, 5.74) is 7.68. The monoisotopic (exact) mass is 378 g/mol. The number of hydrogen-bond donors (Lipinski definition) is 3. The van der Waals surface area contributed by atoms with Crippen LogP contribution >= 0.6 is 15.9 Å². The highest BCUT2D eigenvalue weighted by Gasteiger charge is 2.42. The number of nitrogens with one attached hydrogen (secondary N) is 3. The molecule has 3 heterocycles. The van der Waals surface area contributed by atoms with Gasteiger partial charge in [0.25, 0.3) is 0 Å². The van der Waals surface area contributed by atoms with E-state index in [-0.39, 0.29) is 22.8 Å². The van der Waals surface area contributed by atoms with Crippen molar-refractivity contribution < 1.29 is 4.79 Å². The van der Waals surface area contributed by atoms with E-state index in [9.17, 15) is 4.79 Å². The maximum atomic E-state index is 13.0. The first-order chi connectivity index (χ1) is 11.2. The normalized spacial score (nSPS) is 36.9. The largest absolute Gasteiger partial charge is 0.340 e. The molecule has 5 nitrogen and oxygen atoms in total. The maximum Gasteiger partial charge on any atom is 0.242 e. The van der Waals surface area contributed by atoms with Crippen molar-refractivity contribution in [3.63, 3.8) is 0 Å². The number of fused-ring (bicyclic) bond motifs is 2. The van der Waals surface area contributed by atoms with Gasteiger partial charge < -0.3 is 10.2 Å². The lowest BCUT2D eigenvalue weighted by Crippen LogP contribution is -2.50.